The number of carbonyl (C=O) groups is 5. The van der Waals surface area contributed by atoms with Crippen molar-refractivity contribution in [2.75, 3.05) is 20.3 Å². The third kappa shape index (κ3) is 16.7. The van der Waals surface area contributed by atoms with Crippen molar-refractivity contribution in [1.82, 2.24) is 21.3 Å². The van der Waals surface area contributed by atoms with Gasteiger partial charge in [0.05, 0.1) is 7.11 Å². The number of unbranched alkanes of at least 4 members (excludes halogenated alkanes) is 2. The Morgan fingerprint density at radius 3 is 2.08 bits per heavy atom. The molecule has 12 heteroatoms. The monoisotopic (exact) mass is 680 g/mol. The lowest BCUT2D eigenvalue weighted by molar-refractivity contribution is -0.145. The number of methoxy groups -OCH3 is 1. The summed E-state index contributed by atoms with van der Waals surface area (Å²) in [5.74, 6) is -1.07. The number of rotatable bonds is 22. The fourth-order valence-corrected chi connectivity index (χ4v) is 4.93. The van der Waals surface area contributed by atoms with Gasteiger partial charge in [0.15, 0.2) is 0 Å². The van der Waals surface area contributed by atoms with Gasteiger partial charge in [0.1, 0.15) is 36.1 Å². The van der Waals surface area contributed by atoms with Crippen LogP contribution in [-0.2, 0) is 41.5 Å². The van der Waals surface area contributed by atoms with Crippen molar-refractivity contribution in [2.45, 2.75) is 95.9 Å². The molecule has 3 atom stereocenters. The molecule has 0 saturated heterocycles. The molecule has 0 bridgehead atoms. The van der Waals surface area contributed by atoms with Gasteiger partial charge in [0.2, 0.25) is 18.2 Å². The Morgan fingerprint density at radius 2 is 1.45 bits per heavy atom. The van der Waals surface area contributed by atoms with Crippen molar-refractivity contribution in [1.29, 1.82) is 0 Å². The van der Waals surface area contributed by atoms with Crippen molar-refractivity contribution in [3.63, 3.8) is 0 Å². The molecule has 0 radical (unpaired) electrons. The van der Waals surface area contributed by atoms with Crippen LogP contribution in [0.1, 0.15) is 70.4 Å². The van der Waals surface area contributed by atoms with Gasteiger partial charge >= 0.3 is 12.1 Å². The normalized spacial score (nSPS) is 12.7. The third-order valence-electron chi connectivity index (χ3n) is 7.39. The van der Waals surface area contributed by atoms with E-state index in [1.807, 2.05) is 30.3 Å². The van der Waals surface area contributed by atoms with Gasteiger partial charge in [-0.05, 0) is 82.6 Å². The van der Waals surface area contributed by atoms with E-state index in [2.05, 4.69) is 27.8 Å². The topological polar surface area (TPSA) is 161 Å². The molecule has 12 nitrogen and oxygen atoms in total. The number of benzene rings is 2. The van der Waals surface area contributed by atoms with Crippen LogP contribution in [0, 0.1) is 0 Å². The first kappa shape index (κ1) is 40.3. The highest BCUT2D eigenvalue weighted by Crippen LogP contribution is 2.15. The first-order valence-electron chi connectivity index (χ1n) is 16.7. The molecule has 0 aromatic heterocycles. The zero-order chi connectivity index (χ0) is 36.1. The summed E-state index contributed by atoms with van der Waals surface area (Å²) < 4.78 is 15.7. The second kappa shape index (κ2) is 21.9. The van der Waals surface area contributed by atoms with Gasteiger partial charge in [-0.2, -0.15) is 0 Å². The number of carbonyl (C=O) groups excluding carboxylic acids is 5. The van der Waals surface area contributed by atoms with Gasteiger partial charge < -0.3 is 35.5 Å². The highest BCUT2D eigenvalue weighted by atomic mass is 16.6. The fourth-order valence-electron chi connectivity index (χ4n) is 4.93. The van der Waals surface area contributed by atoms with Crippen LogP contribution in [0.2, 0.25) is 0 Å². The molecule has 0 aliphatic heterocycles. The van der Waals surface area contributed by atoms with E-state index >= 15 is 0 Å². The molecular weight excluding hydrogens is 628 g/mol. The van der Waals surface area contributed by atoms with Gasteiger partial charge in [0, 0.05) is 13.0 Å². The minimum Gasteiger partial charge on any atom is -0.490 e. The van der Waals surface area contributed by atoms with Crippen molar-refractivity contribution >= 4 is 30.3 Å². The highest BCUT2D eigenvalue weighted by molar-refractivity contribution is 5.92. The summed E-state index contributed by atoms with van der Waals surface area (Å²) in [6.07, 6.45) is 5.47. The minimum absolute atomic E-state index is 0.159. The maximum atomic E-state index is 13.6. The largest absolute Gasteiger partial charge is 0.490 e. The highest BCUT2D eigenvalue weighted by Gasteiger charge is 2.29. The number of hydrogen-bond acceptors (Lipinski definition) is 8. The number of alkyl carbamates (subject to hydrolysis) is 1. The molecule has 4 N–H and O–H groups in total. The number of hydrogen-bond donors (Lipinski definition) is 4. The Hall–Kier alpha value is -4.87. The van der Waals surface area contributed by atoms with Gasteiger partial charge in [0.25, 0.3) is 0 Å². The number of esters is 1. The Morgan fingerprint density at radius 1 is 0.816 bits per heavy atom. The van der Waals surface area contributed by atoms with Crippen LogP contribution in [0.25, 0.3) is 0 Å². The Balaban J connectivity index is 2.10. The van der Waals surface area contributed by atoms with Crippen molar-refractivity contribution in [3.8, 4) is 5.75 Å². The molecule has 0 heterocycles. The molecule has 0 fully saturated rings. The molecule has 0 aliphatic carbocycles. The van der Waals surface area contributed by atoms with Crippen LogP contribution in [0.5, 0.6) is 5.75 Å². The molecule has 49 heavy (non-hydrogen) atoms. The van der Waals surface area contributed by atoms with Gasteiger partial charge in [-0.15, -0.1) is 0 Å². The van der Waals surface area contributed by atoms with Crippen LogP contribution in [0.3, 0.4) is 0 Å². The van der Waals surface area contributed by atoms with E-state index < -0.39 is 47.6 Å². The molecule has 2 aromatic carbocycles. The quantitative estimate of drug-likeness (QED) is 0.0624. The standard InChI is InChI=1S/C37H52N4O8/c1-6-24-48-29-21-19-28(20-22-29)25-32(39-26-42)34(44)40-30(17-12-13-23-38-36(46)49-37(2,3)4)33(43)41-31(35(45)47-5)18-11-10-16-27-14-8-7-9-15-27/h6-9,14-15,19-22,26,30-32H,1,10-13,16-18,23-25H2,2-5H3,(H,38,46)(H,39,42)(H,40,44)(H,41,43)/t30-,31-,32-/m0/s1. The molecule has 2 rings (SSSR count). The van der Waals surface area contributed by atoms with E-state index in [0.717, 1.165) is 18.4 Å². The summed E-state index contributed by atoms with van der Waals surface area (Å²) in [5, 5.41) is 10.8. The molecule has 0 saturated carbocycles. The second-order valence-electron chi connectivity index (χ2n) is 12.6. The maximum absolute atomic E-state index is 13.6. The van der Waals surface area contributed by atoms with E-state index in [1.165, 1.54) is 12.7 Å². The van der Waals surface area contributed by atoms with Crippen LogP contribution < -0.4 is 26.0 Å². The average Bonchev–Trinajstić information content (AvgIpc) is 3.07. The maximum Gasteiger partial charge on any atom is 0.407 e. The predicted octanol–water partition coefficient (Wildman–Crippen LogP) is 4.16. The molecule has 268 valence electrons. The van der Waals surface area contributed by atoms with Gasteiger partial charge in [-0.3, -0.25) is 14.4 Å². The van der Waals surface area contributed by atoms with Gasteiger partial charge in [-0.1, -0.05) is 61.5 Å². The summed E-state index contributed by atoms with van der Waals surface area (Å²) in [6, 6.07) is 14.1. The fraction of sp³-hybridized carbons (Fsp3) is 0.486. The molecule has 2 aromatic rings. The first-order chi connectivity index (χ1) is 23.4. The lowest BCUT2D eigenvalue weighted by Gasteiger charge is -2.24. The van der Waals surface area contributed by atoms with Gasteiger partial charge in [-0.25, -0.2) is 9.59 Å². The van der Waals surface area contributed by atoms with Crippen LogP contribution in [-0.4, -0.2) is 74.3 Å². The minimum atomic E-state index is -1.03. The van der Waals surface area contributed by atoms with E-state index in [9.17, 15) is 24.0 Å². The lowest BCUT2D eigenvalue weighted by atomic mass is 10.0. The lowest BCUT2D eigenvalue weighted by Crippen LogP contribution is -2.55. The number of ether oxygens (including phenoxy) is 3. The molecule has 0 unspecified atom stereocenters. The van der Waals surface area contributed by atoms with E-state index in [1.54, 1.807) is 51.1 Å². The Kier molecular flexibility index (Phi) is 18.0. The molecule has 4 amide bonds. The van der Waals surface area contributed by atoms with Crippen molar-refractivity contribution < 1.29 is 38.2 Å². The Labute approximate surface area is 289 Å². The second-order valence-corrected chi connectivity index (χ2v) is 12.6. The number of amides is 4. The summed E-state index contributed by atoms with van der Waals surface area (Å²) >= 11 is 0. The number of nitrogens with one attached hydrogen (secondary N) is 4. The van der Waals surface area contributed by atoms with Crippen molar-refractivity contribution in [3.05, 3.63) is 78.4 Å². The first-order valence-corrected chi connectivity index (χ1v) is 16.7. The average molecular weight is 681 g/mol. The smallest absolute Gasteiger partial charge is 0.407 e. The van der Waals surface area contributed by atoms with Crippen LogP contribution in [0.4, 0.5) is 4.79 Å². The van der Waals surface area contributed by atoms with Crippen LogP contribution >= 0.6 is 0 Å². The summed E-state index contributed by atoms with van der Waals surface area (Å²) in [4.78, 5) is 63.2. The summed E-state index contributed by atoms with van der Waals surface area (Å²) in [7, 11) is 1.26. The zero-order valence-electron chi connectivity index (χ0n) is 29.1. The van der Waals surface area contributed by atoms with Crippen molar-refractivity contribution in [2.24, 2.45) is 0 Å². The van der Waals surface area contributed by atoms with E-state index in [4.69, 9.17) is 14.2 Å². The number of aryl methyl sites for hydroxylation is 1. The van der Waals surface area contributed by atoms with E-state index in [-0.39, 0.29) is 12.8 Å². The molecular formula is C37H52N4O8. The SMILES string of the molecule is C=CCOc1ccc(C[C@H](NC=O)C(=O)N[C@@H](CCCCNC(=O)OC(C)(C)C)C(=O)N[C@@H](CCCCc2ccccc2)C(=O)OC)cc1. The Bertz CT molecular complexity index is 1330. The third-order valence-corrected chi connectivity index (χ3v) is 7.39. The molecule has 0 aliphatic rings. The van der Waals surface area contributed by atoms with E-state index in [0.29, 0.717) is 51.0 Å². The summed E-state index contributed by atoms with van der Waals surface area (Å²) in [6.45, 7) is 9.58. The molecule has 0 spiro atoms. The predicted molar refractivity (Wildman–Crippen MR) is 187 cm³/mol. The van der Waals surface area contributed by atoms with Crippen LogP contribution in [0.15, 0.2) is 67.3 Å². The summed E-state index contributed by atoms with van der Waals surface area (Å²) in [5.41, 5.74) is 1.30. The zero-order valence-corrected chi connectivity index (χ0v) is 29.1.